The van der Waals surface area contributed by atoms with E-state index in [0.29, 0.717) is 6.42 Å². The Hall–Kier alpha value is -1.20. The van der Waals surface area contributed by atoms with Crippen LogP contribution in [0.2, 0.25) is 0 Å². The van der Waals surface area contributed by atoms with Crippen molar-refractivity contribution in [2.75, 3.05) is 0 Å². The van der Waals surface area contributed by atoms with Crippen molar-refractivity contribution in [3.63, 3.8) is 0 Å². The van der Waals surface area contributed by atoms with E-state index in [-0.39, 0.29) is 11.9 Å². The second kappa shape index (κ2) is 5.63. The summed E-state index contributed by atoms with van der Waals surface area (Å²) >= 11 is 3.40. The van der Waals surface area contributed by atoms with E-state index in [1.54, 1.807) is 12.3 Å². The molecule has 1 heterocycles. The third-order valence-electron chi connectivity index (χ3n) is 2.82. The summed E-state index contributed by atoms with van der Waals surface area (Å²) < 4.78 is 15.9. The van der Waals surface area contributed by atoms with Crippen LogP contribution in [-0.2, 0) is 13.0 Å². The molecule has 0 spiro atoms. The van der Waals surface area contributed by atoms with Crippen molar-refractivity contribution in [1.29, 1.82) is 0 Å². The zero-order valence-corrected chi connectivity index (χ0v) is 11.7. The number of benzene rings is 1. The average Bonchev–Trinajstić information content (AvgIpc) is 2.80. The fraction of sp³-hybridized carbons (Fsp3) is 0.308. The molecule has 0 radical (unpaired) electrons. The second-order valence-electron chi connectivity index (χ2n) is 4.18. The quantitative estimate of drug-likeness (QED) is 0.943. The first-order chi connectivity index (χ1) is 8.60. The van der Waals surface area contributed by atoms with Gasteiger partial charge < -0.3 is 5.73 Å². The van der Waals surface area contributed by atoms with Crippen molar-refractivity contribution in [2.24, 2.45) is 5.73 Å². The highest BCUT2D eigenvalue weighted by Crippen LogP contribution is 2.25. The molecule has 0 fully saturated rings. The average molecular weight is 312 g/mol. The molecule has 96 valence electrons. The number of nitrogens with zero attached hydrogens (tertiary/aromatic N) is 2. The fourth-order valence-corrected chi connectivity index (χ4v) is 2.39. The van der Waals surface area contributed by atoms with Crippen LogP contribution in [0.5, 0.6) is 0 Å². The summed E-state index contributed by atoms with van der Waals surface area (Å²) in [5.41, 5.74) is 7.95. The van der Waals surface area contributed by atoms with Crippen LogP contribution in [0, 0.1) is 5.82 Å². The highest BCUT2D eigenvalue weighted by Gasteiger charge is 2.12. The highest BCUT2D eigenvalue weighted by atomic mass is 79.9. The lowest BCUT2D eigenvalue weighted by atomic mass is 10.0. The van der Waals surface area contributed by atoms with Crippen LogP contribution < -0.4 is 5.73 Å². The zero-order chi connectivity index (χ0) is 13.1. The normalized spacial score (nSPS) is 12.7. The Labute approximate surface area is 114 Å². The predicted molar refractivity (Wildman–Crippen MR) is 72.6 cm³/mol. The maximum Gasteiger partial charge on any atom is 0.123 e. The summed E-state index contributed by atoms with van der Waals surface area (Å²) in [6, 6.07) is 4.32. The van der Waals surface area contributed by atoms with Gasteiger partial charge >= 0.3 is 0 Å². The molecular formula is C13H15BrFN3. The van der Waals surface area contributed by atoms with Crippen molar-refractivity contribution in [3.8, 4) is 0 Å². The first-order valence-corrected chi connectivity index (χ1v) is 6.61. The number of nitrogens with two attached hydrogens (primary N) is 1. The summed E-state index contributed by atoms with van der Waals surface area (Å²) in [6.45, 7) is 2.86. The van der Waals surface area contributed by atoms with Crippen molar-refractivity contribution in [3.05, 3.63) is 52.0 Å². The Kier molecular flexibility index (Phi) is 4.14. The summed E-state index contributed by atoms with van der Waals surface area (Å²) in [5, 5.41) is 4.20. The molecule has 2 N–H and O–H groups in total. The van der Waals surface area contributed by atoms with Crippen LogP contribution in [0.3, 0.4) is 0 Å². The minimum atomic E-state index is -0.270. The topological polar surface area (TPSA) is 43.8 Å². The van der Waals surface area contributed by atoms with Crippen molar-refractivity contribution >= 4 is 15.9 Å². The third kappa shape index (κ3) is 2.97. The van der Waals surface area contributed by atoms with E-state index in [9.17, 15) is 4.39 Å². The van der Waals surface area contributed by atoms with Crippen LogP contribution in [0.1, 0.15) is 24.1 Å². The van der Waals surface area contributed by atoms with Gasteiger partial charge in [0.15, 0.2) is 0 Å². The molecule has 5 heteroatoms. The van der Waals surface area contributed by atoms with Gasteiger partial charge in [0.25, 0.3) is 0 Å². The van der Waals surface area contributed by atoms with Gasteiger partial charge in [-0.3, -0.25) is 4.68 Å². The minimum absolute atomic E-state index is 0.246. The van der Waals surface area contributed by atoms with Crippen molar-refractivity contribution in [2.45, 2.75) is 25.9 Å². The number of halogens is 2. The van der Waals surface area contributed by atoms with Gasteiger partial charge in [-0.05, 0) is 42.7 Å². The number of rotatable bonds is 4. The maximum atomic E-state index is 13.2. The van der Waals surface area contributed by atoms with Gasteiger partial charge in [-0.15, -0.1) is 0 Å². The molecule has 0 aliphatic rings. The molecule has 2 rings (SSSR count). The smallest absolute Gasteiger partial charge is 0.123 e. The SMILES string of the molecule is CCn1cc(CC(N)c2cc(F)ccc2Br)cn1. The zero-order valence-electron chi connectivity index (χ0n) is 10.1. The van der Waals surface area contributed by atoms with Crippen LogP contribution in [0.25, 0.3) is 0 Å². The standard InChI is InChI=1S/C13H15BrFN3/c1-2-18-8-9(7-17-18)5-13(16)11-6-10(15)3-4-12(11)14/h3-4,6-8,13H,2,5,16H2,1H3. The lowest BCUT2D eigenvalue weighted by molar-refractivity contribution is 0.617. The van der Waals surface area contributed by atoms with Crippen LogP contribution >= 0.6 is 15.9 Å². The van der Waals surface area contributed by atoms with Gasteiger partial charge in [-0.2, -0.15) is 5.10 Å². The number of aryl methyl sites for hydroxylation is 1. The van der Waals surface area contributed by atoms with Crippen LogP contribution in [-0.4, -0.2) is 9.78 Å². The summed E-state index contributed by atoms with van der Waals surface area (Å²) in [4.78, 5) is 0. The summed E-state index contributed by atoms with van der Waals surface area (Å²) in [6.07, 6.45) is 4.41. The molecule has 0 aliphatic carbocycles. The molecule has 0 saturated heterocycles. The van der Waals surface area contributed by atoms with Crippen molar-refractivity contribution in [1.82, 2.24) is 9.78 Å². The van der Waals surface area contributed by atoms with Gasteiger partial charge in [-0.25, -0.2) is 4.39 Å². The molecular weight excluding hydrogens is 297 g/mol. The van der Waals surface area contributed by atoms with E-state index >= 15 is 0 Å². The lowest BCUT2D eigenvalue weighted by Crippen LogP contribution is -2.14. The number of aromatic nitrogens is 2. The number of hydrogen-bond donors (Lipinski definition) is 1. The summed E-state index contributed by atoms with van der Waals surface area (Å²) in [5.74, 6) is -0.270. The van der Waals surface area contributed by atoms with Crippen LogP contribution in [0.4, 0.5) is 4.39 Å². The van der Waals surface area contributed by atoms with E-state index in [1.165, 1.54) is 12.1 Å². The molecule has 0 amide bonds. The Morgan fingerprint density at radius 3 is 2.94 bits per heavy atom. The molecule has 0 bridgehead atoms. The van der Waals surface area contributed by atoms with E-state index in [2.05, 4.69) is 21.0 Å². The number of hydrogen-bond acceptors (Lipinski definition) is 2. The molecule has 1 unspecified atom stereocenters. The Morgan fingerprint density at radius 2 is 2.28 bits per heavy atom. The maximum absolute atomic E-state index is 13.2. The molecule has 3 nitrogen and oxygen atoms in total. The molecule has 0 saturated carbocycles. The minimum Gasteiger partial charge on any atom is -0.324 e. The fourth-order valence-electron chi connectivity index (χ4n) is 1.85. The Bertz CT molecular complexity index is 539. The molecule has 0 aliphatic heterocycles. The largest absolute Gasteiger partial charge is 0.324 e. The van der Waals surface area contributed by atoms with Gasteiger partial charge in [-0.1, -0.05) is 15.9 Å². The van der Waals surface area contributed by atoms with E-state index in [1.807, 2.05) is 17.8 Å². The van der Waals surface area contributed by atoms with Crippen LogP contribution in [0.15, 0.2) is 35.1 Å². The first-order valence-electron chi connectivity index (χ1n) is 5.82. The molecule has 1 aromatic carbocycles. The second-order valence-corrected chi connectivity index (χ2v) is 5.04. The van der Waals surface area contributed by atoms with Gasteiger partial charge in [0.05, 0.1) is 6.20 Å². The summed E-state index contributed by atoms with van der Waals surface area (Å²) in [7, 11) is 0. The highest BCUT2D eigenvalue weighted by molar-refractivity contribution is 9.10. The van der Waals surface area contributed by atoms with E-state index in [0.717, 1.165) is 22.1 Å². The lowest BCUT2D eigenvalue weighted by Gasteiger charge is -2.13. The molecule has 1 atom stereocenters. The first kappa shape index (κ1) is 13.2. The van der Waals surface area contributed by atoms with E-state index < -0.39 is 0 Å². The van der Waals surface area contributed by atoms with Gasteiger partial charge in [0.1, 0.15) is 5.82 Å². The van der Waals surface area contributed by atoms with E-state index in [4.69, 9.17) is 5.73 Å². The van der Waals surface area contributed by atoms with Gasteiger partial charge in [0, 0.05) is 23.3 Å². The Balaban J connectivity index is 2.16. The predicted octanol–water partition coefficient (Wildman–Crippen LogP) is 3.05. The molecule has 2 aromatic rings. The third-order valence-corrected chi connectivity index (χ3v) is 3.55. The molecule has 1 aromatic heterocycles. The molecule has 18 heavy (non-hydrogen) atoms. The van der Waals surface area contributed by atoms with Gasteiger partial charge in [0.2, 0.25) is 0 Å². The van der Waals surface area contributed by atoms with Crippen molar-refractivity contribution < 1.29 is 4.39 Å². The Morgan fingerprint density at radius 1 is 1.50 bits per heavy atom. The monoisotopic (exact) mass is 311 g/mol.